The van der Waals surface area contributed by atoms with Gasteiger partial charge in [-0.1, -0.05) is 0 Å². The third kappa shape index (κ3) is 0.838. The van der Waals surface area contributed by atoms with E-state index in [2.05, 4.69) is 17.0 Å². The van der Waals surface area contributed by atoms with E-state index in [1.807, 2.05) is 0 Å². The van der Waals surface area contributed by atoms with Crippen LogP contribution in [0.5, 0.6) is 0 Å². The van der Waals surface area contributed by atoms with Crippen molar-refractivity contribution in [3.63, 3.8) is 0 Å². The molecule has 0 unspecified atom stereocenters. The van der Waals surface area contributed by atoms with Crippen molar-refractivity contribution in [3.8, 4) is 0 Å². The molecule has 0 bridgehead atoms. The van der Waals surface area contributed by atoms with Crippen LogP contribution in [0.1, 0.15) is 0 Å². The molecule has 1 rings (SSSR count). The van der Waals surface area contributed by atoms with Crippen molar-refractivity contribution < 1.29 is 13.2 Å². The van der Waals surface area contributed by atoms with E-state index in [-0.39, 0.29) is 5.09 Å². The van der Waals surface area contributed by atoms with Crippen LogP contribution in [-0.2, 0) is 0 Å². The minimum absolute atomic E-state index is 0.0556. The molecule has 0 radical (unpaired) electrons. The molecule has 0 aliphatic rings. The number of thiol groups is 1. The fraction of sp³-hybridized carbons (Fsp3) is 0. The predicted octanol–water partition coefficient (Wildman–Crippen LogP) is 1.85. The van der Waals surface area contributed by atoms with Gasteiger partial charge in [-0.2, -0.15) is 8.78 Å². The van der Waals surface area contributed by atoms with Gasteiger partial charge in [-0.05, 0) is 0 Å². The number of furan rings is 1. The van der Waals surface area contributed by atoms with Crippen molar-refractivity contribution in [2.45, 2.75) is 5.09 Å². The topological polar surface area (TPSA) is 13.1 Å². The largest absolute Gasteiger partial charge is 0.423 e. The summed E-state index contributed by atoms with van der Waals surface area (Å²) in [6.45, 7) is 0. The van der Waals surface area contributed by atoms with Gasteiger partial charge in [0.15, 0.2) is 10.9 Å². The third-order valence-corrected chi connectivity index (χ3v) is 0.853. The third-order valence-electron chi connectivity index (χ3n) is 0.632. The molecule has 0 amide bonds. The molecule has 0 saturated heterocycles. The highest BCUT2D eigenvalue weighted by Crippen LogP contribution is 2.13. The Kier molecular flexibility index (Phi) is 1.25. The molecule has 44 valence electrons. The molecule has 0 fully saturated rings. The predicted molar refractivity (Wildman–Crippen MR) is 25.9 cm³/mol. The average molecular weight is 136 g/mol. The van der Waals surface area contributed by atoms with Crippen LogP contribution >= 0.6 is 12.6 Å². The summed E-state index contributed by atoms with van der Waals surface area (Å²) in [6.07, 6.45) is 0. The smallest absolute Gasteiger partial charge is 0.315 e. The maximum Gasteiger partial charge on any atom is 0.315 e. The van der Waals surface area contributed by atoms with Crippen LogP contribution in [0.15, 0.2) is 15.6 Å². The van der Waals surface area contributed by atoms with Crippen LogP contribution in [0.3, 0.4) is 0 Å². The van der Waals surface area contributed by atoms with Crippen LogP contribution in [0.4, 0.5) is 8.78 Å². The van der Waals surface area contributed by atoms with E-state index in [9.17, 15) is 8.78 Å². The van der Waals surface area contributed by atoms with E-state index >= 15 is 0 Å². The molecule has 0 spiro atoms. The van der Waals surface area contributed by atoms with E-state index in [0.717, 1.165) is 6.07 Å². The zero-order valence-electron chi connectivity index (χ0n) is 3.69. The molecule has 0 aromatic carbocycles. The van der Waals surface area contributed by atoms with Crippen molar-refractivity contribution in [1.82, 2.24) is 0 Å². The number of hydrogen-bond donors (Lipinski definition) is 1. The normalized spacial score (nSPS) is 9.88. The zero-order valence-corrected chi connectivity index (χ0v) is 4.58. The highest BCUT2D eigenvalue weighted by Gasteiger charge is 2.05. The van der Waals surface area contributed by atoms with Gasteiger partial charge in [-0.3, -0.25) is 0 Å². The van der Waals surface area contributed by atoms with E-state index < -0.39 is 11.8 Å². The van der Waals surface area contributed by atoms with Crippen molar-refractivity contribution in [2.24, 2.45) is 0 Å². The monoisotopic (exact) mass is 136 g/mol. The maximum absolute atomic E-state index is 11.8. The Hall–Kier alpha value is -0.510. The fourth-order valence-corrected chi connectivity index (χ4v) is 0.529. The van der Waals surface area contributed by atoms with E-state index in [1.165, 1.54) is 0 Å². The van der Waals surface area contributed by atoms with Gasteiger partial charge in [0, 0.05) is 6.07 Å². The fourth-order valence-electron chi connectivity index (χ4n) is 0.335. The lowest BCUT2D eigenvalue weighted by molar-refractivity contribution is 0.292. The molecule has 1 aromatic heterocycles. The lowest BCUT2D eigenvalue weighted by atomic mass is 10.6. The van der Waals surface area contributed by atoms with Crippen molar-refractivity contribution in [1.29, 1.82) is 0 Å². The first-order valence-corrected chi connectivity index (χ1v) is 2.28. The summed E-state index contributed by atoms with van der Waals surface area (Å²) in [5, 5.41) is -0.0556. The van der Waals surface area contributed by atoms with Gasteiger partial charge in [0.25, 0.3) is 0 Å². The molecule has 1 nitrogen and oxygen atoms in total. The number of hydrogen-bond acceptors (Lipinski definition) is 2. The molecule has 1 aromatic rings. The second-order valence-corrected chi connectivity index (χ2v) is 1.65. The molecule has 0 saturated carbocycles. The van der Waals surface area contributed by atoms with Gasteiger partial charge in [0.1, 0.15) is 0 Å². The minimum Gasteiger partial charge on any atom is -0.423 e. The molecule has 0 aliphatic heterocycles. The van der Waals surface area contributed by atoms with E-state index in [0.29, 0.717) is 0 Å². The first-order valence-electron chi connectivity index (χ1n) is 1.84. The van der Waals surface area contributed by atoms with Gasteiger partial charge >= 0.3 is 6.01 Å². The average Bonchev–Trinajstić information content (AvgIpc) is 1.85. The molecular formula is C4H2F2OS. The van der Waals surface area contributed by atoms with Crippen LogP contribution in [-0.4, -0.2) is 0 Å². The van der Waals surface area contributed by atoms with Gasteiger partial charge < -0.3 is 4.42 Å². The standard InChI is InChI=1S/C4H2F2OS/c5-2-1-3(8)7-4(2)6/h1,8H. The minimum atomic E-state index is -1.21. The first kappa shape index (κ1) is 5.62. The summed E-state index contributed by atoms with van der Waals surface area (Å²) in [7, 11) is 0. The van der Waals surface area contributed by atoms with Crippen LogP contribution in [0.2, 0.25) is 0 Å². The SMILES string of the molecule is Fc1cc(S)oc1F. The quantitative estimate of drug-likeness (QED) is 0.537. The van der Waals surface area contributed by atoms with Crippen LogP contribution < -0.4 is 0 Å². The van der Waals surface area contributed by atoms with Gasteiger partial charge in [-0.15, -0.1) is 12.6 Å². The van der Waals surface area contributed by atoms with Gasteiger partial charge in [-0.25, -0.2) is 0 Å². The summed E-state index contributed by atoms with van der Waals surface area (Å²) < 4.78 is 27.6. The van der Waals surface area contributed by atoms with Crippen LogP contribution in [0.25, 0.3) is 0 Å². The molecule has 0 atom stereocenters. The van der Waals surface area contributed by atoms with Crippen LogP contribution in [0, 0.1) is 11.8 Å². The highest BCUT2D eigenvalue weighted by molar-refractivity contribution is 7.80. The summed E-state index contributed by atoms with van der Waals surface area (Å²) in [6, 6.07) is -0.353. The molecule has 0 N–H and O–H groups in total. The zero-order chi connectivity index (χ0) is 6.15. The molecule has 8 heavy (non-hydrogen) atoms. The first-order chi connectivity index (χ1) is 3.70. The summed E-state index contributed by atoms with van der Waals surface area (Å²) in [5.74, 6) is -1.00. The Morgan fingerprint density at radius 2 is 2.12 bits per heavy atom. The molecule has 0 aliphatic carbocycles. The van der Waals surface area contributed by atoms with Crippen molar-refractivity contribution in [2.75, 3.05) is 0 Å². The van der Waals surface area contributed by atoms with Crippen molar-refractivity contribution in [3.05, 3.63) is 17.9 Å². The molecular weight excluding hydrogens is 134 g/mol. The number of rotatable bonds is 0. The van der Waals surface area contributed by atoms with Gasteiger partial charge in [0.05, 0.1) is 0 Å². The second-order valence-electron chi connectivity index (χ2n) is 1.21. The second kappa shape index (κ2) is 1.78. The summed E-state index contributed by atoms with van der Waals surface area (Å²) >= 11 is 3.53. The highest BCUT2D eigenvalue weighted by atomic mass is 32.1. The Morgan fingerprint density at radius 1 is 1.50 bits per heavy atom. The summed E-state index contributed by atoms with van der Waals surface area (Å²) in [4.78, 5) is 0. The lowest BCUT2D eigenvalue weighted by Crippen LogP contribution is -1.66. The van der Waals surface area contributed by atoms with E-state index in [1.54, 1.807) is 0 Å². The molecule has 4 heteroatoms. The number of halogens is 2. The van der Waals surface area contributed by atoms with Gasteiger partial charge in [0.2, 0.25) is 0 Å². The van der Waals surface area contributed by atoms with E-state index in [4.69, 9.17) is 0 Å². The van der Waals surface area contributed by atoms with Crippen molar-refractivity contribution >= 4 is 12.6 Å². The maximum atomic E-state index is 11.8. The Balaban J connectivity index is 3.14. The Bertz CT molecular complexity index is 176. The Labute approximate surface area is 49.7 Å². The molecule has 1 heterocycles. The summed E-state index contributed by atoms with van der Waals surface area (Å²) in [5.41, 5.74) is 0. The lowest BCUT2D eigenvalue weighted by Gasteiger charge is -1.72. The Morgan fingerprint density at radius 3 is 2.25 bits per heavy atom.